The van der Waals surface area contributed by atoms with E-state index < -0.39 is 11.9 Å². The molecule has 37 heavy (non-hydrogen) atoms. The second-order valence-electron chi connectivity index (χ2n) is 9.00. The number of carbonyl (C=O) groups is 2. The molecule has 2 aromatic carbocycles. The van der Waals surface area contributed by atoms with Gasteiger partial charge in [0.2, 0.25) is 0 Å². The highest BCUT2D eigenvalue weighted by atomic mass is 16.6. The van der Waals surface area contributed by atoms with Crippen molar-refractivity contribution < 1.29 is 33.3 Å². The van der Waals surface area contributed by atoms with E-state index in [9.17, 15) is 9.59 Å². The van der Waals surface area contributed by atoms with E-state index in [-0.39, 0.29) is 24.9 Å². The van der Waals surface area contributed by atoms with Crippen LogP contribution in [-0.4, -0.2) is 53.4 Å². The monoisotopic (exact) mass is 507 g/mol. The van der Waals surface area contributed by atoms with Crippen LogP contribution < -0.4 is 19.5 Å². The third kappa shape index (κ3) is 5.20. The molecule has 0 saturated heterocycles. The number of Topliss-reactive ketones (excluding diaryl/α,β-unsaturated/α-hetero) is 1. The van der Waals surface area contributed by atoms with Crippen LogP contribution in [0.4, 0.5) is 0 Å². The third-order valence-electron chi connectivity index (χ3n) is 6.90. The number of hydrogen-bond donors (Lipinski definition) is 1. The van der Waals surface area contributed by atoms with Crippen LogP contribution in [0.1, 0.15) is 42.7 Å². The molecule has 1 N–H and O–H groups in total. The van der Waals surface area contributed by atoms with Gasteiger partial charge in [0.25, 0.3) is 0 Å². The molecule has 0 spiro atoms. The summed E-state index contributed by atoms with van der Waals surface area (Å²) in [5.41, 5.74) is 4.16. The molecule has 2 aliphatic rings. The van der Waals surface area contributed by atoms with Crippen molar-refractivity contribution in [2.24, 2.45) is 0 Å². The zero-order chi connectivity index (χ0) is 26.5. The molecule has 0 radical (unpaired) electrons. The minimum absolute atomic E-state index is 0.0286. The molecule has 8 nitrogen and oxygen atoms in total. The van der Waals surface area contributed by atoms with Crippen LogP contribution in [0.15, 0.2) is 65.0 Å². The molecule has 8 heteroatoms. The van der Waals surface area contributed by atoms with Crippen molar-refractivity contribution in [2.45, 2.75) is 31.6 Å². The highest BCUT2D eigenvalue weighted by molar-refractivity contribution is 6.04. The van der Waals surface area contributed by atoms with Gasteiger partial charge in [0.15, 0.2) is 17.3 Å². The molecule has 1 aliphatic heterocycles. The lowest BCUT2D eigenvalue weighted by Gasteiger charge is -2.37. The molecule has 0 bridgehead atoms. The molecule has 2 aromatic rings. The van der Waals surface area contributed by atoms with Crippen molar-refractivity contribution in [1.29, 1.82) is 0 Å². The Morgan fingerprint density at radius 1 is 0.919 bits per heavy atom. The zero-order valence-electron chi connectivity index (χ0n) is 21.9. The standard InChI is InChI=1S/C29H33NO7/c1-17-26(29(32)37-13-12-33-2)27(20-8-6-7-9-23(20)34-3)28-21(30-17)14-19(15-22(28)31)18-10-11-24(35-4)25(16-18)36-5/h6-11,16,19,27,30H,12-15H2,1-5H3/t19-,27+/m1/s1. The van der Waals surface area contributed by atoms with Gasteiger partial charge in [0.1, 0.15) is 12.4 Å². The number of methoxy groups -OCH3 is 4. The van der Waals surface area contributed by atoms with Gasteiger partial charge < -0.3 is 29.0 Å². The Bertz CT molecular complexity index is 1250. The Morgan fingerprint density at radius 3 is 2.35 bits per heavy atom. The normalized spacial score (nSPS) is 19.2. The number of ketones is 1. The topological polar surface area (TPSA) is 92.3 Å². The Kier molecular flexibility index (Phi) is 8.18. The van der Waals surface area contributed by atoms with Crippen molar-refractivity contribution in [3.05, 3.63) is 76.1 Å². The Morgan fingerprint density at radius 2 is 1.65 bits per heavy atom. The van der Waals surface area contributed by atoms with E-state index in [1.54, 1.807) is 28.4 Å². The summed E-state index contributed by atoms with van der Waals surface area (Å²) in [7, 11) is 6.31. The number of benzene rings is 2. The predicted octanol–water partition coefficient (Wildman–Crippen LogP) is 4.26. The van der Waals surface area contributed by atoms with E-state index in [4.69, 9.17) is 23.7 Å². The van der Waals surface area contributed by atoms with Crippen LogP contribution in [0.3, 0.4) is 0 Å². The van der Waals surface area contributed by atoms with Gasteiger partial charge in [-0.25, -0.2) is 4.79 Å². The average Bonchev–Trinajstić information content (AvgIpc) is 2.91. The third-order valence-corrected chi connectivity index (χ3v) is 6.90. The fourth-order valence-corrected chi connectivity index (χ4v) is 5.16. The van der Waals surface area contributed by atoms with Crippen molar-refractivity contribution in [1.82, 2.24) is 5.32 Å². The minimum Gasteiger partial charge on any atom is -0.496 e. The summed E-state index contributed by atoms with van der Waals surface area (Å²) in [5.74, 6) is 0.675. The molecule has 0 amide bonds. The van der Waals surface area contributed by atoms with Gasteiger partial charge in [0.05, 0.1) is 39.4 Å². The first kappa shape index (κ1) is 26.3. The van der Waals surface area contributed by atoms with Crippen LogP contribution >= 0.6 is 0 Å². The van der Waals surface area contributed by atoms with Crippen LogP contribution in [0.25, 0.3) is 0 Å². The van der Waals surface area contributed by atoms with Crippen LogP contribution in [0.2, 0.25) is 0 Å². The molecule has 0 unspecified atom stereocenters. The first-order valence-electron chi connectivity index (χ1n) is 12.2. The molecule has 196 valence electrons. The summed E-state index contributed by atoms with van der Waals surface area (Å²) >= 11 is 0. The number of dihydropyridines is 1. The lowest BCUT2D eigenvalue weighted by molar-refractivity contribution is -0.140. The van der Waals surface area contributed by atoms with Crippen molar-refractivity contribution in [3.63, 3.8) is 0 Å². The first-order chi connectivity index (χ1) is 17.9. The number of ether oxygens (including phenoxy) is 5. The number of hydrogen-bond acceptors (Lipinski definition) is 8. The van der Waals surface area contributed by atoms with Crippen LogP contribution in [0, 0.1) is 0 Å². The summed E-state index contributed by atoms with van der Waals surface area (Å²) < 4.78 is 27.0. The number of allylic oxidation sites excluding steroid dienone is 3. The minimum atomic E-state index is -0.610. The first-order valence-corrected chi connectivity index (χ1v) is 12.2. The van der Waals surface area contributed by atoms with E-state index in [1.807, 2.05) is 49.4 Å². The summed E-state index contributed by atoms with van der Waals surface area (Å²) in [6.07, 6.45) is 0.901. The van der Waals surface area contributed by atoms with Gasteiger partial charge >= 0.3 is 5.97 Å². The molecule has 1 heterocycles. The van der Waals surface area contributed by atoms with Crippen molar-refractivity contribution in [3.8, 4) is 17.2 Å². The molecule has 4 rings (SSSR count). The van der Waals surface area contributed by atoms with E-state index in [0.29, 0.717) is 46.9 Å². The zero-order valence-corrected chi connectivity index (χ0v) is 21.9. The van der Waals surface area contributed by atoms with E-state index in [2.05, 4.69) is 5.32 Å². The predicted molar refractivity (Wildman–Crippen MR) is 138 cm³/mol. The quantitative estimate of drug-likeness (QED) is 0.398. The maximum Gasteiger partial charge on any atom is 0.336 e. The van der Waals surface area contributed by atoms with Gasteiger partial charge in [-0.3, -0.25) is 4.79 Å². The molecule has 0 aromatic heterocycles. The highest BCUT2D eigenvalue weighted by Crippen LogP contribution is 2.48. The smallest absolute Gasteiger partial charge is 0.336 e. The fourth-order valence-electron chi connectivity index (χ4n) is 5.16. The highest BCUT2D eigenvalue weighted by Gasteiger charge is 2.42. The largest absolute Gasteiger partial charge is 0.496 e. The maximum atomic E-state index is 13.8. The van der Waals surface area contributed by atoms with Gasteiger partial charge in [-0.15, -0.1) is 0 Å². The molecule has 0 fully saturated rings. The molecular weight excluding hydrogens is 474 g/mol. The summed E-state index contributed by atoms with van der Waals surface area (Å²) in [4.78, 5) is 27.1. The Balaban J connectivity index is 1.77. The number of carbonyl (C=O) groups excluding carboxylic acids is 2. The van der Waals surface area contributed by atoms with Crippen molar-refractivity contribution in [2.75, 3.05) is 41.7 Å². The SMILES string of the molecule is COCCOC(=O)C1=C(C)NC2=C(C(=O)C[C@H](c3ccc(OC)c(OC)c3)C2)[C@H]1c1ccccc1OC. The maximum absolute atomic E-state index is 13.8. The average molecular weight is 508 g/mol. The lowest BCUT2D eigenvalue weighted by Crippen LogP contribution is -2.36. The number of para-hydroxylation sites is 1. The fraction of sp³-hybridized carbons (Fsp3) is 0.379. The van der Waals surface area contributed by atoms with Crippen molar-refractivity contribution >= 4 is 11.8 Å². The van der Waals surface area contributed by atoms with E-state index >= 15 is 0 Å². The Hall–Kier alpha value is -3.78. The number of rotatable bonds is 9. The molecule has 2 atom stereocenters. The van der Waals surface area contributed by atoms with Crippen LogP contribution in [-0.2, 0) is 19.1 Å². The van der Waals surface area contributed by atoms with Gasteiger partial charge in [-0.1, -0.05) is 24.3 Å². The van der Waals surface area contributed by atoms with E-state index in [0.717, 1.165) is 16.8 Å². The second-order valence-corrected chi connectivity index (χ2v) is 9.00. The summed E-state index contributed by atoms with van der Waals surface area (Å²) in [5, 5.41) is 3.37. The number of nitrogens with one attached hydrogen (secondary N) is 1. The summed E-state index contributed by atoms with van der Waals surface area (Å²) in [6, 6.07) is 13.2. The molecule has 0 saturated carbocycles. The lowest BCUT2D eigenvalue weighted by atomic mass is 9.71. The molecule has 1 aliphatic carbocycles. The number of esters is 1. The van der Waals surface area contributed by atoms with Gasteiger partial charge in [0, 0.05) is 36.1 Å². The van der Waals surface area contributed by atoms with E-state index in [1.165, 1.54) is 0 Å². The second kappa shape index (κ2) is 11.5. The Labute approximate surface area is 217 Å². The summed E-state index contributed by atoms with van der Waals surface area (Å²) in [6.45, 7) is 2.24. The van der Waals surface area contributed by atoms with Crippen LogP contribution in [0.5, 0.6) is 17.2 Å². The molecular formula is C29H33NO7. The van der Waals surface area contributed by atoms with Gasteiger partial charge in [-0.2, -0.15) is 0 Å². The van der Waals surface area contributed by atoms with Gasteiger partial charge in [-0.05, 0) is 43.0 Å².